The van der Waals surface area contributed by atoms with Crippen molar-refractivity contribution in [2.45, 2.75) is 44.1 Å². The summed E-state index contributed by atoms with van der Waals surface area (Å²) in [5, 5.41) is 0. The standard InChI is InChI=1S/C14H21NS/c15-10-12-4-6-13(7-5-12)14(11-16)8-2-1-3-9-14/h4-7,16H,1-3,8-11,15H2. The van der Waals surface area contributed by atoms with Crippen molar-refractivity contribution in [2.75, 3.05) is 5.75 Å². The molecule has 0 aliphatic heterocycles. The van der Waals surface area contributed by atoms with Gasteiger partial charge in [-0.05, 0) is 29.7 Å². The fourth-order valence-corrected chi connectivity index (χ4v) is 3.26. The second-order valence-corrected chi connectivity index (χ2v) is 5.22. The lowest BCUT2D eigenvalue weighted by atomic mass is 9.71. The molecule has 1 saturated carbocycles. The highest BCUT2D eigenvalue weighted by Crippen LogP contribution is 2.40. The Balaban J connectivity index is 2.24. The smallest absolute Gasteiger partial charge is 0.0178 e. The minimum Gasteiger partial charge on any atom is -0.326 e. The van der Waals surface area contributed by atoms with Gasteiger partial charge in [-0.3, -0.25) is 0 Å². The van der Waals surface area contributed by atoms with Crippen molar-refractivity contribution in [3.8, 4) is 0 Å². The van der Waals surface area contributed by atoms with E-state index in [9.17, 15) is 0 Å². The second kappa shape index (κ2) is 5.24. The van der Waals surface area contributed by atoms with Crippen LogP contribution < -0.4 is 5.73 Å². The molecule has 1 aliphatic carbocycles. The van der Waals surface area contributed by atoms with E-state index in [2.05, 4.69) is 36.9 Å². The van der Waals surface area contributed by atoms with Crippen molar-refractivity contribution in [2.24, 2.45) is 5.73 Å². The van der Waals surface area contributed by atoms with Crippen LogP contribution in [0.25, 0.3) is 0 Å². The Morgan fingerprint density at radius 2 is 1.69 bits per heavy atom. The van der Waals surface area contributed by atoms with Gasteiger partial charge in [-0.1, -0.05) is 43.5 Å². The molecule has 0 bridgehead atoms. The van der Waals surface area contributed by atoms with Crippen LogP contribution in [0.4, 0.5) is 0 Å². The predicted octanol–water partition coefficient (Wildman–Crippen LogP) is 3.28. The SMILES string of the molecule is NCc1ccc(C2(CS)CCCCC2)cc1. The van der Waals surface area contributed by atoms with Crippen LogP contribution in [0.5, 0.6) is 0 Å². The lowest BCUT2D eigenvalue weighted by Gasteiger charge is -2.36. The van der Waals surface area contributed by atoms with Crippen LogP contribution in [-0.2, 0) is 12.0 Å². The molecule has 88 valence electrons. The third kappa shape index (κ3) is 2.28. The van der Waals surface area contributed by atoms with Crippen LogP contribution >= 0.6 is 12.6 Å². The third-order valence-corrected chi connectivity index (χ3v) is 4.52. The summed E-state index contributed by atoms with van der Waals surface area (Å²) in [6.07, 6.45) is 6.66. The molecule has 1 aromatic carbocycles. The third-order valence-electron chi connectivity index (χ3n) is 3.92. The van der Waals surface area contributed by atoms with E-state index in [0.717, 1.165) is 5.75 Å². The van der Waals surface area contributed by atoms with Crippen LogP contribution in [0.3, 0.4) is 0 Å². The molecule has 1 aliphatic rings. The molecule has 2 rings (SSSR count). The number of benzene rings is 1. The quantitative estimate of drug-likeness (QED) is 0.773. The first kappa shape index (κ1) is 12.0. The van der Waals surface area contributed by atoms with Gasteiger partial charge >= 0.3 is 0 Å². The summed E-state index contributed by atoms with van der Waals surface area (Å²) in [7, 11) is 0. The normalized spacial score (nSPS) is 19.6. The van der Waals surface area contributed by atoms with Gasteiger partial charge in [0.25, 0.3) is 0 Å². The van der Waals surface area contributed by atoms with Crippen molar-refractivity contribution >= 4 is 12.6 Å². The molecule has 1 fully saturated rings. The molecular weight excluding hydrogens is 214 g/mol. The highest BCUT2D eigenvalue weighted by Gasteiger charge is 2.32. The monoisotopic (exact) mass is 235 g/mol. The van der Waals surface area contributed by atoms with Gasteiger partial charge in [0.2, 0.25) is 0 Å². The zero-order valence-electron chi connectivity index (χ0n) is 9.78. The van der Waals surface area contributed by atoms with Gasteiger partial charge < -0.3 is 5.73 Å². The lowest BCUT2D eigenvalue weighted by molar-refractivity contribution is 0.326. The number of thiol groups is 1. The minimum absolute atomic E-state index is 0.328. The van der Waals surface area contributed by atoms with Crippen molar-refractivity contribution in [3.63, 3.8) is 0 Å². The number of nitrogens with two attached hydrogens (primary N) is 1. The molecule has 0 unspecified atom stereocenters. The first-order valence-corrected chi connectivity index (χ1v) is 6.84. The van der Waals surface area contributed by atoms with Crippen molar-refractivity contribution in [3.05, 3.63) is 35.4 Å². The Morgan fingerprint density at radius 3 is 2.19 bits per heavy atom. The molecule has 1 aromatic rings. The lowest BCUT2D eigenvalue weighted by Crippen LogP contribution is -2.31. The molecule has 2 heteroatoms. The highest BCUT2D eigenvalue weighted by molar-refractivity contribution is 7.80. The van der Waals surface area contributed by atoms with Gasteiger partial charge in [0.15, 0.2) is 0 Å². The molecule has 0 aromatic heterocycles. The Labute approximate surface area is 104 Å². The number of hydrogen-bond donors (Lipinski definition) is 2. The summed E-state index contributed by atoms with van der Waals surface area (Å²) >= 11 is 4.58. The van der Waals surface area contributed by atoms with E-state index in [1.54, 1.807) is 0 Å². The molecule has 0 spiro atoms. The van der Waals surface area contributed by atoms with Crippen molar-refractivity contribution in [1.29, 1.82) is 0 Å². The average Bonchev–Trinajstić information content (AvgIpc) is 2.39. The van der Waals surface area contributed by atoms with Gasteiger partial charge in [-0.25, -0.2) is 0 Å². The van der Waals surface area contributed by atoms with E-state index in [1.807, 2.05) is 0 Å². The van der Waals surface area contributed by atoms with Gasteiger partial charge in [-0.15, -0.1) is 0 Å². The van der Waals surface area contributed by atoms with E-state index >= 15 is 0 Å². The minimum atomic E-state index is 0.328. The molecule has 16 heavy (non-hydrogen) atoms. The molecule has 0 saturated heterocycles. The molecular formula is C14H21NS. The van der Waals surface area contributed by atoms with Gasteiger partial charge in [-0.2, -0.15) is 12.6 Å². The molecule has 1 nitrogen and oxygen atoms in total. The highest BCUT2D eigenvalue weighted by atomic mass is 32.1. The fraction of sp³-hybridized carbons (Fsp3) is 0.571. The molecule has 0 radical (unpaired) electrons. The summed E-state index contributed by atoms with van der Waals surface area (Å²) < 4.78 is 0. The summed E-state index contributed by atoms with van der Waals surface area (Å²) in [4.78, 5) is 0. The van der Waals surface area contributed by atoms with Crippen LogP contribution in [0.15, 0.2) is 24.3 Å². The first-order chi connectivity index (χ1) is 7.80. The first-order valence-electron chi connectivity index (χ1n) is 6.21. The van der Waals surface area contributed by atoms with Crippen LogP contribution in [-0.4, -0.2) is 5.75 Å². The fourth-order valence-electron chi connectivity index (χ4n) is 2.76. The van der Waals surface area contributed by atoms with E-state index in [4.69, 9.17) is 5.73 Å². The molecule has 0 heterocycles. The Morgan fingerprint density at radius 1 is 1.06 bits per heavy atom. The maximum Gasteiger partial charge on any atom is 0.0178 e. The van der Waals surface area contributed by atoms with E-state index in [1.165, 1.54) is 43.2 Å². The summed E-state index contributed by atoms with van der Waals surface area (Å²) in [6, 6.07) is 8.83. The van der Waals surface area contributed by atoms with Crippen LogP contribution in [0, 0.1) is 0 Å². The van der Waals surface area contributed by atoms with Crippen molar-refractivity contribution < 1.29 is 0 Å². The molecule has 2 N–H and O–H groups in total. The van der Waals surface area contributed by atoms with E-state index in [0.29, 0.717) is 12.0 Å². The van der Waals surface area contributed by atoms with Gasteiger partial charge in [0.05, 0.1) is 0 Å². The molecule has 0 amide bonds. The second-order valence-electron chi connectivity index (χ2n) is 4.90. The Bertz CT molecular complexity index is 325. The summed E-state index contributed by atoms with van der Waals surface area (Å²) in [5.41, 5.74) is 8.63. The van der Waals surface area contributed by atoms with Gasteiger partial charge in [0.1, 0.15) is 0 Å². The Kier molecular flexibility index (Phi) is 3.93. The summed E-state index contributed by atoms with van der Waals surface area (Å²) in [5.74, 6) is 0.967. The summed E-state index contributed by atoms with van der Waals surface area (Å²) in [6.45, 7) is 0.633. The Hall–Kier alpha value is -0.470. The maximum atomic E-state index is 5.63. The van der Waals surface area contributed by atoms with E-state index < -0.39 is 0 Å². The topological polar surface area (TPSA) is 26.0 Å². The van der Waals surface area contributed by atoms with Crippen LogP contribution in [0.1, 0.15) is 43.2 Å². The largest absolute Gasteiger partial charge is 0.326 e. The predicted molar refractivity (Wildman–Crippen MR) is 72.9 cm³/mol. The zero-order chi connectivity index (χ0) is 11.4. The van der Waals surface area contributed by atoms with Crippen molar-refractivity contribution in [1.82, 2.24) is 0 Å². The zero-order valence-corrected chi connectivity index (χ0v) is 10.7. The van der Waals surface area contributed by atoms with E-state index in [-0.39, 0.29) is 0 Å². The average molecular weight is 235 g/mol. The van der Waals surface area contributed by atoms with Crippen LogP contribution in [0.2, 0.25) is 0 Å². The maximum absolute atomic E-state index is 5.63. The number of hydrogen-bond acceptors (Lipinski definition) is 2. The van der Waals surface area contributed by atoms with Gasteiger partial charge in [0, 0.05) is 12.0 Å². The molecule has 0 atom stereocenters. The number of rotatable bonds is 3.